The molecule has 0 radical (unpaired) electrons. The van der Waals surface area contributed by atoms with Crippen molar-refractivity contribution in [3.63, 3.8) is 0 Å². The van der Waals surface area contributed by atoms with E-state index in [1.807, 2.05) is 0 Å². The number of nitrogens with one attached hydrogen (secondary N) is 2. The van der Waals surface area contributed by atoms with Gasteiger partial charge in [-0.1, -0.05) is 69.2 Å². The largest absolute Gasteiger partial charge is 0.393 e. The first-order valence-electron chi connectivity index (χ1n) is 32.1. The van der Waals surface area contributed by atoms with Crippen LogP contribution in [0.15, 0.2) is 58.3 Å². The number of rotatable bonds is 16. The van der Waals surface area contributed by atoms with Crippen LogP contribution in [0.4, 0.5) is 11.4 Å². The van der Waals surface area contributed by atoms with Gasteiger partial charge < -0.3 is 31.1 Å². The molecule has 440 valence electrons. The van der Waals surface area contributed by atoms with E-state index in [9.17, 15) is 38.4 Å². The average molecular weight is 1110 g/mol. The lowest BCUT2D eigenvalue weighted by molar-refractivity contribution is -0.175. The van der Waals surface area contributed by atoms with Crippen molar-refractivity contribution in [2.24, 2.45) is 116 Å². The molecule has 11 heteroatoms. The van der Waals surface area contributed by atoms with Gasteiger partial charge in [0.25, 0.3) is 0 Å². The monoisotopic (exact) mass is 1110 g/mol. The molecule has 0 saturated heterocycles. The molecular weight excluding hydrogens is 1000 g/mol. The second-order valence-electron chi connectivity index (χ2n) is 30.1. The van der Waals surface area contributed by atoms with E-state index < -0.39 is 9.84 Å². The number of hydrogen-bond donors (Lipinski definition) is 6. The average Bonchev–Trinajstić information content (AvgIpc) is 3.27. The summed E-state index contributed by atoms with van der Waals surface area (Å²) < 4.78 is 27.9. The van der Waals surface area contributed by atoms with Gasteiger partial charge in [-0.3, -0.25) is 9.59 Å². The maximum absolute atomic E-state index is 14.0. The Hall–Kier alpha value is -2.83. The van der Waals surface area contributed by atoms with Crippen molar-refractivity contribution < 1.29 is 38.4 Å². The summed E-state index contributed by atoms with van der Waals surface area (Å²) >= 11 is 0. The van der Waals surface area contributed by atoms with E-state index in [-0.39, 0.29) is 91.4 Å². The van der Waals surface area contributed by atoms with E-state index in [0.717, 1.165) is 89.9 Å². The van der Waals surface area contributed by atoms with Crippen molar-refractivity contribution in [3.8, 4) is 0 Å². The Morgan fingerprint density at radius 3 is 1.22 bits per heavy atom. The van der Waals surface area contributed by atoms with Crippen molar-refractivity contribution >= 4 is 33.0 Å². The molecule has 10 nitrogen and oxygen atoms in total. The zero-order valence-electron chi connectivity index (χ0n) is 50.1. The third kappa shape index (κ3) is 10.6. The Balaban J connectivity index is 0.707. The van der Waals surface area contributed by atoms with Crippen LogP contribution in [0.3, 0.4) is 0 Å². The molecule has 22 atom stereocenters. The summed E-state index contributed by atoms with van der Waals surface area (Å²) in [5.74, 6) is 5.67. The Kier molecular flexibility index (Phi) is 17.0. The number of amides is 2. The molecule has 0 aliphatic heterocycles. The van der Waals surface area contributed by atoms with Gasteiger partial charge in [0.2, 0.25) is 21.7 Å². The predicted molar refractivity (Wildman–Crippen MR) is 314 cm³/mol. The van der Waals surface area contributed by atoms with E-state index in [1.54, 1.807) is 48.5 Å². The summed E-state index contributed by atoms with van der Waals surface area (Å²) in [6.45, 7) is 22.8. The fourth-order valence-corrected chi connectivity index (χ4v) is 22.4. The van der Waals surface area contributed by atoms with Crippen LogP contribution in [0.5, 0.6) is 0 Å². The van der Waals surface area contributed by atoms with Crippen molar-refractivity contribution in [3.05, 3.63) is 48.5 Å². The van der Waals surface area contributed by atoms with Gasteiger partial charge in [-0.15, -0.1) is 0 Å². The lowest BCUT2D eigenvalue weighted by Crippen LogP contribution is -2.58. The molecule has 8 fully saturated rings. The second-order valence-corrected chi connectivity index (χ2v) is 32.1. The summed E-state index contributed by atoms with van der Waals surface area (Å²) in [4.78, 5) is 28.2. The Bertz CT molecular complexity index is 2420. The van der Waals surface area contributed by atoms with E-state index >= 15 is 0 Å². The molecule has 2 aromatic carbocycles. The van der Waals surface area contributed by atoms with Crippen LogP contribution in [0, 0.1) is 116 Å². The van der Waals surface area contributed by atoms with Gasteiger partial charge in [-0.25, -0.2) is 8.42 Å². The second kappa shape index (κ2) is 22.6. The molecule has 10 rings (SSSR count). The number of anilines is 2. The maximum Gasteiger partial charge on any atom is 0.227 e. The minimum absolute atomic E-state index is 0.0590. The quantitative estimate of drug-likeness (QED) is 0.0964. The predicted octanol–water partition coefficient (Wildman–Crippen LogP) is 13.8. The molecular formula is C68H104N2O8S. The summed E-state index contributed by atoms with van der Waals surface area (Å²) in [5, 5.41) is 51.5. The molecule has 8 saturated carbocycles. The fourth-order valence-electron chi connectivity index (χ4n) is 21.2. The third-order valence-electron chi connectivity index (χ3n) is 26.0. The number of carbonyl (C=O) groups is 2. The zero-order valence-corrected chi connectivity index (χ0v) is 51.0. The van der Waals surface area contributed by atoms with Crippen LogP contribution < -0.4 is 10.6 Å². The molecule has 4 unspecified atom stereocenters. The zero-order chi connectivity index (χ0) is 56.7. The van der Waals surface area contributed by atoms with Crippen LogP contribution in [0.25, 0.3) is 0 Å². The van der Waals surface area contributed by atoms with Crippen LogP contribution >= 0.6 is 0 Å². The number of aliphatic hydroxyl groups excluding tert-OH is 4. The molecule has 0 bridgehead atoms. The highest BCUT2D eigenvalue weighted by Crippen LogP contribution is 2.70. The molecule has 0 spiro atoms. The van der Waals surface area contributed by atoms with Crippen LogP contribution in [0.1, 0.15) is 198 Å². The maximum atomic E-state index is 14.0. The van der Waals surface area contributed by atoms with Gasteiger partial charge in [-0.05, 0) is 281 Å². The Morgan fingerprint density at radius 2 is 0.861 bits per heavy atom. The Morgan fingerprint density at radius 1 is 0.494 bits per heavy atom. The highest BCUT2D eigenvalue weighted by molar-refractivity contribution is 7.91. The summed E-state index contributed by atoms with van der Waals surface area (Å²) in [5.41, 5.74) is 1.27. The lowest BCUT2D eigenvalue weighted by Gasteiger charge is -2.62. The highest BCUT2D eigenvalue weighted by atomic mass is 32.2. The first kappa shape index (κ1) is 59.3. The van der Waals surface area contributed by atoms with Crippen LogP contribution in [-0.2, 0) is 19.4 Å². The fraction of sp³-hybridized carbons (Fsp3) is 0.794. The van der Waals surface area contributed by atoms with E-state index in [2.05, 4.69) is 79.9 Å². The van der Waals surface area contributed by atoms with Crippen LogP contribution in [-0.4, -0.2) is 65.1 Å². The summed E-state index contributed by atoms with van der Waals surface area (Å²) in [6, 6.07) is 12.9. The van der Waals surface area contributed by atoms with E-state index in [0.29, 0.717) is 82.4 Å². The lowest BCUT2D eigenvalue weighted by atomic mass is 9.43. The van der Waals surface area contributed by atoms with Gasteiger partial charge in [0.15, 0.2) is 0 Å². The van der Waals surface area contributed by atoms with Crippen molar-refractivity contribution in [1.82, 2.24) is 0 Å². The highest BCUT2D eigenvalue weighted by Gasteiger charge is 2.65. The smallest absolute Gasteiger partial charge is 0.227 e. The molecule has 8 aliphatic carbocycles. The van der Waals surface area contributed by atoms with Crippen molar-refractivity contribution in [1.29, 1.82) is 0 Å². The van der Waals surface area contributed by atoms with Gasteiger partial charge in [0.05, 0.1) is 34.2 Å². The number of sulfone groups is 1. The minimum atomic E-state index is -3.89. The van der Waals surface area contributed by atoms with Crippen LogP contribution in [0.2, 0.25) is 0 Å². The molecule has 0 heterocycles. The Labute approximate surface area is 476 Å². The van der Waals surface area contributed by atoms with Crippen molar-refractivity contribution in [2.45, 2.75) is 232 Å². The molecule has 2 amide bonds. The normalized spacial score (nSPS) is 41.4. The van der Waals surface area contributed by atoms with Gasteiger partial charge in [0, 0.05) is 23.2 Å². The van der Waals surface area contributed by atoms with Gasteiger partial charge in [-0.2, -0.15) is 0 Å². The molecule has 8 aliphatic rings. The summed E-state index contributed by atoms with van der Waals surface area (Å²) in [6.07, 6.45) is 19.2. The topological polar surface area (TPSA) is 173 Å². The molecule has 6 N–H and O–H groups in total. The number of benzene rings is 2. The molecule has 0 aromatic heterocycles. The minimum Gasteiger partial charge on any atom is -0.393 e. The number of aliphatic hydroxyl groups is 4. The standard InChI is InChI=1S/C68H104N2O8S/c1-39(2)51(23-11-41(5)55-27-29-57-53-25-13-43-35-47(71)31-33-65(43,7)59(53)37-61(73)67(55,57)9)63(75)69-45-15-19-49(20-16-45)79(77,78)50-21-17-46(18-22-50)70-64(76)52(40(3)4)24-12-42(6)56-28-30-58-54-26-14-44-36-48(72)32-34-66(44,8)60(54)38-62(74)68(56,58)10/h15-22,39-44,47-48,51-62,71-74H,11-14,23-38H2,1-10H3,(H,69,75)(H,70,76)/t41-,42+,43+,44-,47+,48-,51?,52?,53+,54-,55-,56+,57+,58-,59+,60-,61?,62?,65+,66-,67-,68+. The number of hydrogen-bond acceptors (Lipinski definition) is 8. The van der Waals surface area contributed by atoms with E-state index in [4.69, 9.17) is 0 Å². The third-order valence-corrected chi connectivity index (χ3v) is 27.8. The van der Waals surface area contributed by atoms with Gasteiger partial charge >= 0.3 is 0 Å². The molecule has 79 heavy (non-hydrogen) atoms. The van der Waals surface area contributed by atoms with Crippen molar-refractivity contribution in [2.75, 3.05) is 10.6 Å². The first-order chi connectivity index (χ1) is 37.3. The first-order valence-corrected chi connectivity index (χ1v) is 33.6. The molecule has 2 aromatic rings. The number of carbonyl (C=O) groups excluding carboxylic acids is 2. The van der Waals surface area contributed by atoms with Gasteiger partial charge in [0.1, 0.15) is 0 Å². The van der Waals surface area contributed by atoms with E-state index in [1.165, 1.54) is 38.5 Å². The number of fused-ring (bicyclic) bond motifs is 10. The SMILES string of the molecule is CC(C)C(CC[C@@H](C)[C@H]1CC[C@H]2[C@@H]3CC[C@H]4C[C@@H](O)CC[C@]4(C)[C@H]3CC(O)[C@]12C)C(=O)Nc1ccc(S(=O)(=O)c2ccc(NC(=O)C(CC[C@H](C)[C@@H]3CC[C@@H]4[C@H]5CC[C@@H]6C[C@H](O)CC[C@@]6(C)[C@@H]5CC(O)[C@]43C)C(C)C)cc2)cc1. The summed E-state index contributed by atoms with van der Waals surface area (Å²) in [7, 11) is -3.89.